The standard InChI is InChI=1S/C23H31F/c1-3-7-19-11-15-21(16-12-19)23(17-6-5-8-22(23)24)20-13-9-18(4-2)10-14-20/h5-6,8-10,13-14,17,19,21-22H,3-4,7,11-12,15-16H2,1-2H3. The molecule has 1 aromatic rings. The Bertz CT molecular complexity index is 575. The van der Waals surface area contributed by atoms with Crippen LogP contribution in [0.15, 0.2) is 48.6 Å². The van der Waals surface area contributed by atoms with E-state index in [9.17, 15) is 0 Å². The summed E-state index contributed by atoms with van der Waals surface area (Å²) in [5.41, 5.74) is 2.02. The van der Waals surface area contributed by atoms with Crippen molar-refractivity contribution in [3.8, 4) is 0 Å². The first-order valence-electron chi connectivity index (χ1n) is 9.80. The van der Waals surface area contributed by atoms with Crippen LogP contribution in [0.1, 0.15) is 63.5 Å². The Kier molecular flexibility index (Phi) is 5.58. The van der Waals surface area contributed by atoms with Crippen molar-refractivity contribution in [3.05, 3.63) is 59.7 Å². The third-order valence-electron chi connectivity index (χ3n) is 6.30. The van der Waals surface area contributed by atoms with Gasteiger partial charge in [0.2, 0.25) is 0 Å². The van der Waals surface area contributed by atoms with Gasteiger partial charge in [-0.25, -0.2) is 4.39 Å². The van der Waals surface area contributed by atoms with E-state index in [0.717, 1.165) is 30.7 Å². The fourth-order valence-corrected chi connectivity index (χ4v) is 4.85. The van der Waals surface area contributed by atoms with Crippen LogP contribution in [0.25, 0.3) is 0 Å². The second kappa shape index (κ2) is 7.68. The predicted octanol–water partition coefficient (Wildman–Crippen LogP) is 6.56. The third-order valence-corrected chi connectivity index (χ3v) is 6.30. The Morgan fingerprint density at radius 2 is 1.71 bits per heavy atom. The highest BCUT2D eigenvalue weighted by Crippen LogP contribution is 2.48. The van der Waals surface area contributed by atoms with Gasteiger partial charge < -0.3 is 0 Å². The highest BCUT2D eigenvalue weighted by molar-refractivity contribution is 5.41. The number of halogens is 1. The Hall–Kier alpha value is -1.37. The monoisotopic (exact) mass is 326 g/mol. The summed E-state index contributed by atoms with van der Waals surface area (Å²) in [7, 11) is 0. The Morgan fingerprint density at radius 1 is 1.00 bits per heavy atom. The molecule has 24 heavy (non-hydrogen) atoms. The van der Waals surface area contributed by atoms with E-state index >= 15 is 4.39 Å². The minimum absolute atomic E-state index is 0.411. The van der Waals surface area contributed by atoms with Crippen LogP contribution in [-0.2, 0) is 11.8 Å². The molecule has 130 valence electrons. The lowest BCUT2D eigenvalue weighted by Crippen LogP contribution is -2.44. The number of benzene rings is 1. The summed E-state index contributed by atoms with van der Waals surface area (Å²) >= 11 is 0. The molecule has 0 aromatic heterocycles. The number of allylic oxidation sites excluding steroid dienone is 4. The van der Waals surface area contributed by atoms with Crippen molar-refractivity contribution < 1.29 is 4.39 Å². The molecule has 1 heteroatoms. The Morgan fingerprint density at radius 3 is 2.29 bits per heavy atom. The summed E-state index contributed by atoms with van der Waals surface area (Å²) in [6, 6.07) is 8.71. The molecule has 2 atom stereocenters. The number of hydrogen-bond donors (Lipinski definition) is 0. The van der Waals surface area contributed by atoms with E-state index in [1.54, 1.807) is 6.08 Å². The largest absolute Gasteiger partial charge is 0.242 e. The quantitative estimate of drug-likeness (QED) is 0.575. The SMILES string of the molecule is CCCC1CCC(C2(c3ccc(CC)cc3)C=CC=CC2F)CC1. The van der Waals surface area contributed by atoms with E-state index in [1.807, 2.05) is 6.08 Å². The maximum Gasteiger partial charge on any atom is 0.132 e. The van der Waals surface area contributed by atoms with Crippen LogP contribution in [0.4, 0.5) is 4.39 Å². The topological polar surface area (TPSA) is 0 Å². The van der Waals surface area contributed by atoms with E-state index in [4.69, 9.17) is 0 Å². The predicted molar refractivity (Wildman–Crippen MR) is 101 cm³/mol. The molecule has 0 amide bonds. The summed E-state index contributed by atoms with van der Waals surface area (Å²) in [4.78, 5) is 0. The third kappa shape index (κ3) is 3.23. The van der Waals surface area contributed by atoms with Crippen LogP contribution < -0.4 is 0 Å². The van der Waals surface area contributed by atoms with Gasteiger partial charge in [0.25, 0.3) is 0 Å². The lowest BCUT2D eigenvalue weighted by molar-refractivity contribution is 0.136. The zero-order valence-electron chi connectivity index (χ0n) is 15.2. The highest BCUT2D eigenvalue weighted by atomic mass is 19.1. The van der Waals surface area contributed by atoms with Gasteiger partial charge in [0.15, 0.2) is 0 Å². The van der Waals surface area contributed by atoms with E-state index < -0.39 is 11.6 Å². The van der Waals surface area contributed by atoms with Gasteiger partial charge in [-0.2, -0.15) is 0 Å². The van der Waals surface area contributed by atoms with E-state index in [-0.39, 0.29) is 0 Å². The van der Waals surface area contributed by atoms with Crippen molar-refractivity contribution in [1.29, 1.82) is 0 Å². The van der Waals surface area contributed by atoms with Crippen LogP contribution in [0, 0.1) is 11.8 Å². The van der Waals surface area contributed by atoms with Gasteiger partial charge in [-0.1, -0.05) is 82.0 Å². The van der Waals surface area contributed by atoms with Gasteiger partial charge >= 0.3 is 0 Å². The van der Waals surface area contributed by atoms with Crippen LogP contribution in [0.3, 0.4) is 0 Å². The summed E-state index contributed by atoms with van der Waals surface area (Å²) in [6.07, 6.45) is 15.4. The fourth-order valence-electron chi connectivity index (χ4n) is 4.85. The molecule has 0 spiro atoms. The molecule has 2 aliphatic rings. The zero-order valence-corrected chi connectivity index (χ0v) is 15.2. The number of alkyl halides is 1. The van der Waals surface area contributed by atoms with E-state index in [0.29, 0.717) is 5.92 Å². The van der Waals surface area contributed by atoms with Gasteiger partial charge in [0, 0.05) is 0 Å². The van der Waals surface area contributed by atoms with Crippen LogP contribution in [0.2, 0.25) is 0 Å². The van der Waals surface area contributed by atoms with Gasteiger partial charge in [0.05, 0.1) is 5.41 Å². The molecule has 0 radical (unpaired) electrons. The van der Waals surface area contributed by atoms with Crippen LogP contribution in [0.5, 0.6) is 0 Å². The molecule has 0 aliphatic heterocycles. The fraction of sp³-hybridized carbons (Fsp3) is 0.565. The first-order chi connectivity index (χ1) is 11.7. The average Bonchev–Trinajstić information content (AvgIpc) is 2.63. The second-order valence-corrected chi connectivity index (χ2v) is 7.64. The summed E-state index contributed by atoms with van der Waals surface area (Å²) in [6.45, 7) is 4.44. The summed E-state index contributed by atoms with van der Waals surface area (Å²) in [5.74, 6) is 1.27. The molecular formula is C23H31F. The molecule has 0 heterocycles. The van der Waals surface area contributed by atoms with E-state index in [2.05, 4.69) is 50.3 Å². The minimum Gasteiger partial charge on any atom is -0.242 e. The first-order valence-corrected chi connectivity index (χ1v) is 9.80. The molecule has 1 fully saturated rings. The van der Waals surface area contributed by atoms with Gasteiger partial charge in [-0.3, -0.25) is 0 Å². The van der Waals surface area contributed by atoms with Gasteiger partial charge in [-0.05, 0) is 48.3 Å². The van der Waals surface area contributed by atoms with Crippen LogP contribution in [-0.4, -0.2) is 6.17 Å². The maximum absolute atomic E-state index is 15.3. The van der Waals surface area contributed by atoms with Crippen LogP contribution >= 0.6 is 0 Å². The lowest BCUT2D eigenvalue weighted by atomic mass is 9.60. The Balaban J connectivity index is 1.89. The van der Waals surface area contributed by atoms with Gasteiger partial charge in [0.1, 0.15) is 6.17 Å². The lowest BCUT2D eigenvalue weighted by Gasteiger charge is -2.45. The van der Waals surface area contributed by atoms with Crippen molar-refractivity contribution in [2.24, 2.45) is 11.8 Å². The average molecular weight is 326 g/mol. The molecule has 0 N–H and O–H groups in total. The summed E-state index contributed by atoms with van der Waals surface area (Å²) in [5, 5.41) is 0. The smallest absolute Gasteiger partial charge is 0.132 e. The molecule has 1 aromatic carbocycles. The van der Waals surface area contributed by atoms with E-state index in [1.165, 1.54) is 31.2 Å². The normalized spacial score (nSPS) is 32.9. The van der Waals surface area contributed by atoms with Gasteiger partial charge in [-0.15, -0.1) is 0 Å². The number of rotatable bonds is 5. The minimum atomic E-state index is -0.914. The molecular weight excluding hydrogens is 295 g/mol. The number of hydrogen-bond acceptors (Lipinski definition) is 0. The molecule has 0 nitrogen and oxygen atoms in total. The van der Waals surface area contributed by atoms with Crippen molar-refractivity contribution in [2.75, 3.05) is 0 Å². The zero-order chi connectivity index (χ0) is 17.0. The second-order valence-electron chi connectivity index (χ2n) is 7.64. The Labute approximate surface area is 146 Å². The molecule has 0 saturated heterocycles. The molecule has 0 bridgehead atoms. The molecule has 3 rings (SSSR count). The highest BCUT2D eigenvalue weighted by Gasteiger charge is 2.46. The van der Waals surface area contributed by atoms with Crippen molar-refractivity contribution in [1.82, 2.24) is 0 Å². The number of aryl methyl sites for hydroxylation is 1. The molecule has 1 saturated carbocycles. The molecule has 2 aliphatic carbocycles. The summed E-state index contributed by atoms with van der Waals surface area (Å²) < 4.78 is 15.3. The molecule has 2 unspecified atom stereocenters. The first kappa shape index (κ1) is 17.5. The van der Waals surface area contributed by atoms with Crippen molar-refractivity contribution in [2.45, 2.75) is 70.4 Å². The maximum atomic E-state index is 15.3. The van der Waals surface area contributed by atoms with Crippen molar-refractivity contribution in [3.63, 3.8) is 0 Å². The van der Waals surface area contributed by atoms with Crippen molar-refractivity contribution >= 4 is 0 Å².